The first-order valence-electron chi connectivity index (χ1n) is 9.57. The van der Waals surface area contributed by atoms with Crippen LogP contribution in [0, 0.1) is 24.2 Å². The molecule has 0 radical (unpaired) electrons. The Morgan fingerprint density at radius 1 is 1.17 bits per heavy atom. The number of carboxylic acid groups (broad SMARTS) is 1. The molecule has 0 aliphatic heterocycles. The highest BCUT2D eigenvalue weighted by molar-refractivity contribution is 5.67. The van der Waals surface area contributed by atoms with Crippen molar-refractivity contribution in [3.63, 3.8) is 0 Å². The molecule has 2 aromatic rings. The third-order valence-corrected chi connectivity index (χ3v) is 3.84. The number of carboxylic acids is 1. The van der Waals surface area contributed by atoms with Crippen LogP contribution >= 0.6 is 0 Å². The van der Waals surface area contributed by atoms with E-state index in [0.29, 0.717) is 36.7 Å². The van der Waals surface area contributed by atoms with Crippen molar-refractivity contribution in [3.05, 3.63) is 59.2 Å². The van der Waals surface area contributed by atoms with Crippen molar-refractivity contribution in [2.75, 3.05) is 19.8 Å². The maximum Gasteiger partial charge on any atom is 0.303 e. The Balaban J connectivity index is 0.00000132. The number of hydrogen-bond donors (Lipinski definition) is 2. The second kappa shape index (κ2) is 13.2. The Morgan fingerprint density at radius 2 is 1.86 bits per heavy atom. The molecule has 0 spiro atoms. The average Bonchev–Trinajstić information content (AvgIpc) is 2.70. The lowest BCUT2D eigenvalue weighted by atomic mass is 10.1. The quantitative estimate of drug-likeness (QED) is 0.662. The van der Waals surface area contributed by atoms with Crippen molar-refractivity contribution in [1.82, 2.24) is 0 Å². The fourth-order valence-corrected chi connectivity index (χ4v) is 2.42. The van der Waals surface area contributed by atoms with Crippen LogP contribution in [0.4, 0.5) is 0 Å². The van der Waals surface area contributed by atoms with E-state index in [4.69, 9.17) is 19.7 Å². The van der Waals surface area contributed by atoms with Gasteiger partial charge in [-0.1, -0.05) is 25.1 Å². The van der Waals surface area contributed by atoms with Crippen LogP contribution in [0.2, 0.25) is 0 Å². The summed E-state index contributed by atoms with van der Waals surface area (Å²) >= 11 is 0. The zero-order valence-corrected chi connectivity index (χ0v) is 17.2. The molecule has 0 bridgehead atoms. The van der Waals surface area contributed by atoms with Crippen molar-refractivity contribution >= 4 is 5.97 Å². The van der Waals surface area contributed by atoms with Crippen molar-refractivity contribution in [2.45, 2.75) is 33.6 Å². The number of aliphatic hydroxyl groups excluding tert-OH is 1. The second-order valence-corrected chi connectivity index (χ2v) is 6.70. The third-order valence-electron chi connectivity index (χ3n) is 3.84. The molecule has 0 aromatic heterocycles. The number of benzene rings is 2. The number of ether oxygens (including phenoxy) is 2. The van der Waals surface area contributed by atoms with E-state index < -0.39 is 5.97 Å². The zero-order valence-electron chi connectivity index (χ0n) is 17.2. The normalized spacial score (nSPS) is 10.9. The molecule has 2 aromatic carbocycles. The molecule has 1 unspecified atom stereocenters. The summed E-state index contributed by atoms with van der Waals surface area (Å²) in [5.41, 5.74) is 2.49. The first-order chi connectivity index (χ1) is 13.9. The Morgan fingerprint density at radius 3 is 2.52 bits per heavy atom. The summed E-state index contributed by atoms with van der Waals surface area (Å²) in [4.78, 5) is 10.7. The standard InChI is InChI=1S/C21H23NO4.C2H6O/c1-15-6-8-20(18(10-15)12-22)26-14-16(2)13-25-19-5-3-4-17(11-19)7-9-21(23)24;1-2-3/h3-6,8,10-11,16H,7,9,13-14H2,1-2H3,(H,23,24);3H,2H2,1H3. The van der Waals surface area contributed by atoms with Crippen LogP contribution in [0.5, 0.6) is 11.5 Å². The average molecular weight is 399 g/mol. The SMILES string of the molecule is CCO.Cc1ccc(OCC(C)COc2cccc(CCC(=O)O)c2)c(C#N)c1. The van der Waals surface area contributed by atoms with Crippen LogP contribution in [-0.4, -0.2) is 36.0 Å². The predicted octanol–water partition coefficient (Wildman–Crippen LogP) is 3.98. The minimum atomic E-state index is -0.810. The van der Waals surface area contributed by atoms with Gasteiger partial charge in [-0.25, -0.2) is 0 Å². The summed E-state index contributed by atoms with van der Waals surface area (Å²) in [7, 11) is 0. The highest BCUT2D eigenvalue weighted by atomic mass is 16.5. The number of rotatable bonds is 9. The molecule has 0 fully saturated rings. The molecule has 2 N–H and O–H groups in total. The highest BCUT2D eigenvalue weighted by Gasteiger charge is 2.09. The molecule has 1 atom stereocenters. The van der Waals surface area contributed by atoms with Crippen LogP contribution in [0.3, 0.4) is 0 Å². The zero-order chi connectivity index (χ0) is 21.6. The number of aryl methyl sites for hydroxylation is 2. The molecule has 0 heterocycles. The van der Waals surface area contributed by atoms with E-state index in [1.54, 1.807) is 13.0 Å². The van der Waals surface area contributed by atoms with Crippen molar-refractivity contribution in [3.8, 4) is 17.6 Å². The van der Waals surface area contributed by atoms with Crippen molar-refractivity contribution in [2.24, 2.45) is 5.92 Å². The molecule has 0 aliphatic rings. The van der Waals surface area contributed by atoms with Gasteiger partial charge in [0.25, 0.3) is 0 Å². The van der Waals surface area contributed by atoms with Crippen molar-refractivity contribution in [1.29, 1.82) is 5.26 Å². The van der Waals surface area contributed by atoms with Crippen LogP contribution in [0.15, 0.2) is 42.5 Å². The molecule has 2 rings (SSSR count). The molecule has 0 amide bonds. The van der Waals surface area contributed by atoms with E-state index in [-0.39, 0.29) is 18.9 Å². The van der Waals surface area contributed by atoms with Gasteiger partial charge in [0.2, 0.25) is 0 Å². The summed E-state index contributed by atoms with van der Waals surface area (Å²) in [5, 5.41) is 25.5. The minimum absolute atomic E-state index is 0.103. The van der Waals surface area contributed by atoms with Gasteiger partial charge in [0, 0.05) is 18.9 Å². The van der Waals surface area contributed by atoms with Gasteiger partial charge in [-0.15, -0.1) is 0 Å². The van der Waals surface area contributed by atoms with Gasteiger partial charge in [0.05, 0.1) is 18.8 Å². The molecule has 29 heavy (non-hydrogen) atoms. The van der Waals surface area contributed by atoms with E-state index in [2.05, 4.69) is 6.07 Å². The Bertz CT molecular complexity index is 813. The molecule has 0 aliphatic carbocycles. The maximum absolute atomic E-state index is 10.7. The van der Waals surface area contributed by atoms with Crippen LogP contribution in [0.1, 0.15) is 37.0 Å². The second-order valence-electron chi connectivity index (χ2n) is 6.70. The van der Waals surface area contributed by atoms with Gasteiger partial charge in [0.1, 0.15) is 17.6 Å². The largest absolute Gasteiger partial charge is 0.493 e. The number of aliphatic carboxylic acids is 1. The van der Waals surface area contributed by atoms with E-state index in [1.807, 2.05) is 50.2 Å². The van der Waals surface area contributed by atoms with Gasteiger partial charge in [-0.05, 0) is 55.7 Å². The summed E-state index contributed by atoms with van der Waals surface area (Å²) < 4.78 is 11.5. The van der Waals surface area contributed by atoms with Crippen LogP contribution < -0.4 is 9.47 Å². The first-order valence-corrected chi connectivity index (χ1v) is 9.57. The van der Waals surface area contributed by atoms with E-state index in [0.717, 1.165) is 11.1 Å². The summed E-state index contributed by atoms with van der Waals surface area (Å²) in [6, 6.07) is 15.2. The van der Waals surface area contributed by atoms with Crippen LogP contribution in [0.25, 0.3) is 0 Å². The van der Waals surface area contributed by atoms with E-state index in [1.165, 1.54) is 0 Å². The van der Waals surface area contributed by atoms with Crippen molar-refractivity contribution < 1.29 is 24.5 Å². The molecule has 156 valence electrons. The Kier molecular flexibility index (Phi) is 10.9. The van der Waals surface area contributed by atoms with E-state index in [9.17, 15) is 10.1 Å². The fraction of sp³-hybridized carbons (Fsp3) is 0.391. The molecule has 6 nitrogen and oxygen atoms in total. The lowest BCUT2D eigenvalue weighted by Gasteiger charge is -2.15. The van der Waals surface area contributed by atoms with Crippen LogP contribution in [-0.2, 0) is 11.2 Å². The number of nitriles is 1. The lowest BCUT2D eigenvalue weighted by Crippen LogP contribution is -2.17. The Hall–Kier alpha value is -3.04. The van der Waals surface area contributed by atoms with Gasteiger partial charge in [-0.3, -0.25) is 4.79 Å². The van der Waals surface area contributed by atoms with Gasteiger partial charge < -0.3 is 19.7 Å². The summed E-state index contributed by atoms with van der Waals surface area (Å²) in [5.74, 6) is 0.619. The smallest absolute Gasteiger partial charge is 0.303 e. The maximum atomic E-state index is 10.7. The third kappa shape index (κ3) is 9.63. The molecule has 0 saturated heterocycles. The minimum Gasteiger partial charge on any atom is -0.493 e. The number of hydrogen-bond acceptors (Lipinski definition) is 5. The molecular weight excluding hydrogens is 370 g/mol. The fourth-order valence-electron chi connectivity index (χ4n) is 2.42. The predicted molar refractivity (Wildman–Crippen MR) is 111 cm³/mol. The Labute approximate surface area is 172 Å². The number of carbonyl (C=O) groups is 1. The highest BCUT2D eigenvalue weighted by Crippen LogP contribution is 2.20. The number of aliphatic hydroxyl groups is 1. The first kappa shape index (κ1) is 24.0. The van der Waals surface area contributed by atoms with Gasteiger partial charge in [0.15, 0.2) is 0 Å². The number of nitrogens with zero attached hydrogens (tertiary/aromatic N) is 1. The van der Waals surface area contributed by atoms with Gasteiger partial charge >= 0.3 is 5.97 Å². The summed E-state index contributed by atoms with van der Waals surface area (Å²) in [6.07, 6.45) is 0.584. The lowest BCUT2D eigenvalue weighted by molar-refractivity contribution is -0.136. The topological polar surface area (TPSA) is 99.8 Å². The molecule has 6 heteroatoms. The van der Waals surface area contributed by atoms with Gasteiger partial charge in [-0.2, -0.15) is 5.26 Å². The monoisotopic (exact) mass is 399 g/mol. The summed E-state index contributed by atoms with van der Waals surface area (Å²) in [6.45, 7) is 6.78. The molecular formula is C23H29NO5. The van der Waals surface area contributed by atoms with E-state index >= 15 is 0 Å². The molecule has 0 saturated carbocycles.